The number of aromatic nitrogens is 2. The minimum atomic E-state index is -0.498. The molecular formula is C16H14N2O4S. The van der Waals surface area contributed by atoms with Gasteiger partial charge in [0.15, 0.2) is 10.9 Å². The maximum absolute atomic E-state index is 12.4. The van der Waals surface area contributed by atoms with Gasteiger partial charge in [-0.15, -0.1) is 0 Å². The zero-order valence-electron chi connectivity index (χ0n) is 12.6. The molecule has 0 unspecified atom stereocenters. The Morgan fingerprint density at radius 1 is 1.30 bits per heavy atom. The summed E-state index contributed by atoms with van der Waals surface area (Å²) in [7, 11) is 1.66. The van der Waals surface area contributed by atoms with E-state index in [1.165, 1.54) is 22.4 Å². The molecule has 1 aromatic carbocycles. The predicted molar refractivity (Wildman–Crippen MR) is 87.9 cm³/mol. The summed E-state index contributed by atoms with van der Waals surface area (Å²) >= 11 is 1.29. The molecule has 0 radical (unpaired) electrons. The van der Waals surface area contributed by atoms with Crippen LogP contribution >= 0.6 is 11.8 Å². The molecular weight excluding hydrogens is 316 g/mol. The van der Waals surface area contributed by atoms with Gasteiger partial charge in [-0.25, -0.2) is 4.98 Å². The zero-order chi connectivity index (χ0) is 16.6. The van der Waals surface area contributed by atoms with Gasteiger partial charge in [0.25, 0.3) is 5.56 Å². The fourth-order valence-electron chi connectivity index (χ4n) is 2.15. The van der Waals surface area contributed by atoms with Crippen LogP contribution < -0.4 is 11.0 Å². The Morgan fingerprint density at radius 3 is 2.83 bits per heavy atom. The van der Waals surface area contributed by atoms with Crippen LogP contribution in [-0.4, -0.2) is 14.7 Å². The first kappa shape index (κ1) is 15.4. The molecule has 0 spiro atoms. The van der Waals surface area contributed by atoms with Gasteiger partial charge in [-0.05, 0) is 19.1 Å². The van der Waals surface area contributed by atoms with Crippen LogP contribution in [0.25, 0.3) is 10.9 Å². The van der Waals surface area contributed by atoms with Crippen molar-refractivity contribution in [1.29, 1.82) is 0 Å². The summed E-state index contributed by atoms with van der Waals surface area (Å²) in [5, 5.41) is 10.3. The zero-order valence-corrected chi connectivity index (χ0v) is 13.4. The fourth-order valence-corrected chi connectivity index (χ4v) is 3.01. The molecule has 0 bridgehead atoms. The highest BCUT2D eigenvalue weighted by Gasteiger charge is 2.10. The van der Waals surface area contributed by atoms with Crippen molar-refractivity contribution in [2.24, 2.45) is 7.05 Å². The molecule has 0 atom stereocenters. The van der Waals surface area contributed by atoms with Gasteiger partial charge in [-0.2, -0.15) is 0 Å². The number of hydrogen-bond donors (Lipinski definition) is 1. The Morgan fingerprint density at radius 2 is 2.09 bits per heavy atom. The summed E-state index contributed by atoms with van der Waals surface area (Å²) in [6.45, 7) is 1.92. The lowest BCUT2D eigenvalue weighted by molar-refractivity contribution is 0.419. The molecule has 6 nitrogen and oxygen atoms in total. The van der Waals surface area contributed by atoms with E-state index in [4.69, 9.17) is 4.42 Å². The topological polar surface area (TPSA) is 85.3 Å². The standard InChI is InChI=1S/C16H14N2O4S/c1-9-3-4-12-11(5-9)15(21)18(2)16(17-12)23-8-10-6-13(19)14(20)7-22-10/h3-7,20H,8H2,1-2H3. The van der Waals surface area contributed by atoms with Crippen molar-refractivity contribution in [1.82, 2.24) is 9.55 Å². The molecule has 7 heteroatoms. The molecule has 3 rings (SSSR count). The van der Waals surface area contributed by atoms with Crippen LogP contribution in [0.2, 0.25) is 0 Å². The first-order chi connectivity index (χ1) is 11.0. The molecule has 23 heavy (non-hydrogen) atoms. The van der Waals surface area contributed by atoms with E-state index in [1.807, 2.05) is 25.1 Å². The van der Waals surface area contributed by atoms with Crippen molar-refractivity contribution in [3.8, 4) is 5.75 Å². The van der Waals surface area contributed by atoms with Crippen molar-refractivity contribution in [3.05, 3.63) is 62.4 Å². The van der Waals surface area contributed by atoms with Gasteiger partial charge in [-0.3, -0.25) is 14.2 Å². The number of fused-ring (bicyclic) bond motifs is 1. The van der Waals surface area contributed by atoms with Crippen LogP contribution in [0.4, 0.5) is 0 Å². The van der Waals surface area contributed by atoms with E-state index in [0.717, 1.165) is 11.8 Å². The van der Waals surface area contributed by atoms with Crippen LogP contribution in [0.3, 0.4) is 0 Å². The third kappa shape index (κ3) is 3.00. The highest BCUT2D eigenvalue weighted by atomic mass is 32.2. The van der Waals surface area contributed by atoms with Gasteiger partial charge in [0.05, 0.1) is 16.7 Å². The lowest BCUT2D eigenvalue weighted by Gasteiger charge is -2.08. The van der Waals surface area contributed by atoms with Crippen molar-refractivity contribution < 1.29 is 9.52 Å². The lowest BCUT2D eigenvalue weighted by Crippen LogP contribution is -2.20. The molecule has 0 aliphatic heterocycles. The predicted octanol–water partition coefficient (Wildman–Crippen LogP) is 2.19. The van der Waals surface area contributed by atoms with Crippen molar-refractivity contribution in [2.45, 2.75) is 17.8 Å². The van der Waals surface area contributed by atoms with E-state index in [1.54, 1.807) is 7.05 Å². The molecule has 0 aliphatic carbocycles. The van der Waals surface area contributed by atoms with Gasteiger partial charge in [-0.1, -0.05) is 23.4 Å². The Kier molecular flexibility index (Phi) is 3.96. The van der Waals surface area contributed by atoms with E-state index < -0.39 is 11.2 Å². The number of thioether (sulfide) groups is 1. The molecule has 0 saturated heterocycles. The smallest absolute Gasteiger partial charge is 0.261 e. The maximum atomic E-state index is 12.4. The van der Waals surface area contributed by atoms with E-state index in [-0.39, 0.29) is 5.56 Å². The summed E-state index contributed by atoms with van der Waals surface area (Å²) in [6.07, 6.45) is 1.01. The highest BCUT2D eigenvalue weighted by molar-refractivity contribution is 7.98. The van der Waals surface area contributed by atoms with Crippen molar-refractivity contribution in [3.63, 3.8) is 0 Å². The monoisotopic (exact) mass is 330 g/mol. The number of rotatable bonds is 3. The molecule has 0 aliphatic rings. The molecule has 0 saturated carbocycles. The number of aryl methyl sites for hydroxylation is 1. The minimum absolute atomic E-state index is 0.117. The van der Waals surface area contributed by atoms with Crippen LogP contribution in [0.15, 0.2) is 49.7 Å². The highest BCUT2D eigenvalue weighted by Crippen LogP contribution is 2.21. The molecule has 0 fully saturated rings. The first-order valence-corrected chi connectivity index (χ1v) is 7.85. The van der Waals surface area contributed by atoms with Gasteiger partial charge in [0.2, 0.25) is 5.43 Å². The summed E-state index contributed by atoms with van der Waals surface area (Å²) in [6, 6.07) is 6.77. The average molecular weight is 330 g/mol. The first-order valence-electron chi connectivity index (χ1n) is 6.86. The normalized spacial score (nSPS) is 11.0. The molecule has 118 valence electrons. The fraction of sp³-hybridized carbons (Fsp3) is 0.188. The summed E-state index contributed by atoms with van der Waals surface area (Å²) in [5.74, 6) is 0.300. The number of benzene rings is 1. The second-order valence-electron chi connectivity index (χ2n) is 5.16. The lowest BCUT2D eigenvalue weighted by atomic mass is 10.2. The van der Waals surface area contributed by atoms with Crippen molar-refractivity contribution >= 4 is 22.7 Å². The van der Waals surface area contributed by atoms with Crippen molar-refractivity contribution in [2.75, 3.05) is 0 Å². The van der Waals surface area contributed by atoms with E-state index >= 15 is 0 Å². The summed E-state index contributed by atoms with van der Waals surface area (Å²) in [4.78, 5) is 28.3. The van der Waals surface area contributed by atoms with Crippen LogP contribution in [0.1, 0.15) is 11.3 Å². The summed E-state index contributed by atoms with van der Waals surface area (Å²) < 4.78 is 6.63. The molecule has 2 aromatic heterocycles. The Bertz CT molecular complexity index is 1010. The quantitative estimate of drug-likeness (QED) is 0.585. The second-order valence-corrected chi connectivity index (χ2v) is 6.11. The SMILES string of the molecule is Cc1ccc2nc(SCc3cc(=O)c(O)co3)n(C)c(=O)c2c1. The number of hydrogen-bond acceptors (Lipinski definition) is 6. The van der Waals surface area contributed by atoms with Gasteiger partial charge in [0.1, 0.15) is 12.0 Å². The van der Waals surface area contributed by atoms with Crippen LogP contribution in [0, 0.1) is 6.92 Å². The average Bonchev–Trinajstić information content (AvgIpc) is 2.53. The third-order valence-corrected chi connectivity index (χ3v) is 4.45. The maximum Gasteiger partial charge on any atom is 0.261 e. The Balaban J connectivity index is 1.95. The van der Waals surface area contributed by atoms with Crippen LogP contribution in [0.5, 0.6) is 5.75 Å². The molecule has 1 N–H and O–H groups in total. The van der Waals surface area contributed by atoms with Crippen LogP contribution in [-0.2, 0) is 12.8 Å². The molecule has 2 heterocycles. The Labute approximate surface area is 135 Å². The number of nitrogens with zero attached hydrogens (tertiary/aromatic N) is 2. The third-order valence-electron chi connectivity index (χ3n) is 3.40. The largest absolute Gasteiger partial charge is 0.502 e. The molecule has 3 aromatic rings. The van der Waals surface area contributed by atoms with E-state index in [0.29, 0.717) is 27.6 Å². The second kappa shape index (κ2) is 5.92. The Hall–Kier alpha value is -2.54. The number of aromatic hydroxyl groups is 1. The minimum Gasteiger partial charge on any atom is -0.502 e. The van der Waals surface area contributed by atoms with Gasteiger partial charge >= 0.3 is 0 Å². The van der Waals surface area contributed by atoms with E-state index in [9.17, 15) is 14.7 Å². The van der Waals surface area contributed by atoms with E-state index in [2.05, 4.69) is 4.98 Å². The summed E-state index contributed by atoms with van der Waals surface area (Å²) in [5.41, 5.74) is 1.02. The van der Waals surface area contributed by atoms with Gasteiger partial charge < -0.3 is 9.52 Å². The van der Waals surface area contributed by atoms with Gasteiger partial charge in [0, 0.05) is 13.1 Å². The molecule has 0 amide bonds.